The molecule has 33 heavy (non-hydrogen) atoms. The molecule has 4 aromatic carbocycles. The van der Waals surface area contributed by atoms with E-state index < -0.39 is 0 Å². The number of hydrogen-bond donors (Lipinski definition) is 2. The van der Waals surface area contributed by atoms with Gasteiger partial charge in [0.05, 0.1) is 12.6 Å². The van der Waals surface area contributed by atoms with Crippen LogP contribution in [0.3, 0.4) is 0 Å². The summed E-state index contributed by atoms with van der Waals surface area (Å²) < 4.78 is 0. The zero-order valence-corrected chi connectivity index (χ0v) is 18.8. The lowest BCUT2D eigenvalue weighted by Crippen LogP contribution is -2.32. The molecule has 2 N–H and O–H groups in total. The van der Waals surface area contributed by atoms with E-state index >= 15 is 0 Å². The van der Waals surface area contributed by atoms with Crippen molar-refractivity contribution < 1.29 is 9.59 Å². The van der Waals surface area contributed by atoms with Crippen molar-refractivity contribution in [1.82, 2.24) is 10.2 Å². The van der Waals surface area contributed by atoms with Crippen LogP contribution in [0, 0.1) is 0 Å². The van der Waals surface area contributed by atoms with Crippen LogP contribution >= 0.6 is 0 Å². The van der Waals surface area contributed by atoms with Crippen LogP contribution in [-0.2, 0) is 4.79 Å². The van der Waals surface area contributed by atoms with Gasteiger partial charge in [0.1, 0.15) is 0 Å². The molecule has 0 saturated carbocycles. The van der Waals surface area contributed by atoms with Gasteiger partial charge in [-0.15, -0.1) is 0 Å². The van der Waals surface area contributed by atoms with Crippen molar-refractivity contribution in [2.45, 2.75) is 6.04 Å². The number of fused-ring (bicyclic) bond motifs is 1. The van der Waals surface area contributed by atoms with E-state index in [1.165, 1.54) is 4.90 Å². The number of hydrogen-bond acceptors (Lipinski definition) is 3. The SMILES string of the molecule is CN(C)C(=O)c1cccc(NC(=O)CNC(c2ccccc2)c2cccc3ccccc23)c1. The summed E-state index contributed by atoms with van der Waals surface area (Å²) in [4.78, 5) is 26.5. The lowest BCUT2D eigenvalue weighted by atomic mass is 9.93. The van der Waals surface area contributed by atoms with Gasteiger partial charge in [-0.1, -0.05) is 78.9 Å². The standard InChI is InChI=1S/C28H27N3O2/c1-31(2)28(33)22-14-8-15-23(18-22)30-26(32)19-29-27(21-11-4-3-5-12-21)25-17-9-13-20-10-6-7-16-24(20)25/h3-18,27,29H,19H2,1-2H3,(H,30,32). The Kier molecular flexibility index (Phi) is 6.81. The summed E-state index contributed by atoms with van der Waals surface area (Å²) in [6.45, 7) is 0.120. The first kappa shape index (κ1) is 22.2. The molecule has 0 aliphatic rings. The lowest BCUT2D eigenvalue weighted by molar-refractivity contribution is -0.115. The molecular weight excluding hydrogens is 410 g/mol. The third kappa shape index (κ3) is 5.27. The zero-order chi connectivity index (χ0) is 23.2. The molecule has 0 aliphatic heterocycles. The fourth-order valence-electron chi connectivity index (χ4n) is 3.94. The quantitative estimate of drug-likeness (QED) is 0.434. The average molecular weight is 438 g/mol. The van der Waals surface area contributed by atoms with Crippen molar-refractivity contribution in [3.05, 3.63) is 114 Å². The Morgan fingerprint density at radius 1 is 0.818 bits per heavy atom. The Labute approximate surface area is 194 Å². The summed E-state index contributed by atoms with van der Waals surface area (Å²) >= 11 is 0. The molecule has 0 fully saturated rings. The molecule has 0 heterocycles. The van der Waals surface area contributed by atoms with Gasteiger partial charge in [0.15, 0.2) is 0 Å². The van der Waals surface area contributed by atoms with Crippen molar-refractivity contribution >= 4 is 28.3 Å². The summed E-state index contributed by atoms with van der Waals surface area (Å²) in [6.07, 6.45) is 0. The van der Waals surface area contributed by atoms with Gasteiger partial charge in [0.25, 0.3) is 5.91 Å². The highest BCUT2D eigenvalue weighted by molar-refractivity contribution is 5.97. The second-order valence-electron chi connectivity index (χ2n) is 8.12. The molecule has 4 aromatic rings. The largest absolute Gasteiger partial charge is 0.345 e. The molecule has 1 unspecified atom stereocenters. The maximum Gasteiger partial charge on any atom is 0.253 e. The van der Waals surface area contributed by atoms with E-state index in [1.54, 1.807) is 38.4 Å². The molecule has 0 saturated heterocycles. The smallest absolute Gasteiger partial charge is 0.253 e. The molecule has 0 bridgehead atoms. The van der Waals surface area contributed by atoms with Crippen LogP contribution in [-0.4, -0.2) is 37.4 Å². The maximum atomic E-state index is 12.8. The van der Waals surface area contributed by atoms with E-state index in [4.69, 9.17) is 0 Å². The average Bonchev–Trinajstić information content (AvgIpc) is 2.84. The summed E-state index contributed by atoms with van der Waals surface area (Å²) in [7, 11) is 3.41. The van der Waals surface area contributed by atoms with E-state index in [0.717, 1.165) is 21.9 Å². The van der Waals surface area contributed by atoms with Crippen molar-refractivity contribution in [2.75, 3.05) is 26.0 Å². The number of carbonyl (C=O) groups is 2. The Balaban J connectivity index is 1.54. The van der Waals surface area contributed by atoms with Crippen molar-refractivity contribution in [1.29, 1.82) is 0 Å². The Morgan fingerprint density at radius 3 is 2.30 bits per heavy atom. The number of rotatable bonds is 7. The Hall–Kier alpha value is -3.96. The molecule has 1 atom stereocenters. The molecule has 166 valence electrons. The summed E-state index contributed by atoms with van der Waals surface area (Å²) in [5.41, 5.74) is 3.32. The first-order valence-electron chi connectivity index (χ1n) is 10.9. The highest BCUT2D eigenvalue weighted by atomic mass is 16.2. The fourth-order valence-corrected chi connectivity index (χ4v) is 3.94. The highest BCUT2D eigenvalue weighted by Crippen LogP contribution is 2.29. The van der Waals surface area contributed by atoms with Gasteiger partial charge in [-0.3, -0.25) is 14.9 Å². The van der Waals surface area contributed by atoms with Crippen molar-refractivity contribution in [2.24, 2.45) is 0 Å². The zero-order valence-electron chi connectivity index (χ0n) is 18.8. The molecule has 2 amide bonds. The first-order valence-corrected chi connectivity index (χ1v) is 10.9. The number of amides is 2. The van der Waals surface area contributed by atoms with Crippen LogP contribution in [0.2, 0.25) is 0 Å². The minimum atomic E-state index is -0.175. The number of carbonyl (C=O) groups excluding carboxylic acids is 2. The van der Waals surface area contributed by atoms with E-state index in [0.29, 0.717) is 11.3 Å². The Morgan fingerprint density at radius 2 is 1.52 bits per heavy atom. The molecular formula is C28H27N3O2. The molecule has 0 spiro atoms. The van der Waals surface area contributed by atoms with Crippen LogP contribution in [0.25, 0.3) is 10.8 Å². The number of nitrogens with zero attached hydrogens (tertiary/aromatic N) is 1. The summed E-state index contributed by atoms with van der Waals surface area (Å²) in [5, 5.41) is 8.64. The molecule has 0 radical (unpaired) electrons. The fraction of sp³-hybridized carbons (Fsp3) is 0.143. The van der Waals surface area contributed by atoms with Crippen LogP contribution < -0.4 is 10.6 Å². The lowest BCUT2D eigenvalue weighted by Gasteiger charge is -2.21. The summed E-state index contributed by atoms with van der Waals surface area (Å²) in [6, 6.07) is 31.4. The van der Waals surface area contributed by atoms with Gasteiger partial charge in [-0.2, -0.15) is 0 Å². The number of anilines is 1. The molecule has 0 aromatic heterocycles. The second kappa shape index (κ2) is 10.1. The topological polar surface area (TPSA) is 61.4 Å². The van der Waals surface area contributed by atoms with Crippen LogP contribution in [0.5, 0.6) is 0 Å². The molecule has 5 nitrogen and oxygen atoms in total. The van der Waals surface area contributed by atoms with Gasteiger partial charge < -0.3 is 10.2 Å². The van der Waals surface area contributed by atoms with Gasteiger partial charge in [0, 0.05) is 25.3 Å². The van der Waals surface area contributed by atoms with Crippen LogP contribution in [0.1, 0.15) is 27.5 Å². The first-order chi connectivity index (χ1) is 16.0. The molecule has 0 aliphatic carbocycles. The highest BCUT2D eigenvalue weighted by Gasteiger charge is 2.18. The predicted octanol–water partition coefficient (Wildman–Crippen LogP) is 4.86. The third-order valence-electron chi connectivity index (χ3n) is 5.53. The monoisotopic (exact) mass is 437 g/mol. The van der Waals surface area contributed by atoms with E-state index in [2.05, 4.69) is 47.0 Å². The van der Waals surface area contributed by atoms with Gasteiger partial charge >= 0.3 is 0 Å². The molecule has 5 heteroatoms. The van der Waals surface area contributed by atoms with Gasteiger partial charge in [0.2, 0.25) is 5.91 Å². The number of nitrogens with one attached hydrogen (secondary N) is 2. The van der Waals surface area contributed by atoms with Crippen molar-refractivity contribution in [3.63, 3.8) is 0 Å². The summed E-state index contributed by atoms with van der Waals surface area (Å²) in [5.74, 6) is -0.282. The van der Waals surface area contributed by atoms with E-state index in [1.807, 2.05) is 36.4 Å². The minimum absolute atomic E-state index is 0.107. The van der Waals surface area contributed by atoms with Crippen LogP contribution in [0.15, 0.2) is 97.1 Å². The van der Waals surface area contributed by atoms with Gasteiger partial charge in [-0.25, -0.2) is 0 Å². The predicted molar refractivity (Wildman–Crippen MR) is 133 cm³/mol. The second-order valence-corrected chi connectivity index (χ2v) is 8.12. The third-order valence-corrected chi connectivity index (χ3v) is 5.53. The Bertz CT molecular complexity index is 1260. The van der Waals surface area contributed by atoms with Gasteiger partial charge in [-0.05, 0) is 40.1 Å². The normalized spacial score (nSPS) is 11.7. The van der Waals surface area contributed by atoms with Crippen LogP contribution in [0.4, 0.5) is 5.69 Å². The number of benzene rings is 4. The molecule has 4 rings (SSSR count). The van der Waals surface area contributed by atoms with Crippen molar-refractivity contribution in [3.8, 4) is 0 Å². The maximum absolute atomic E-state index is 12.8. The van der Waals surface area contributed by atoms with E-state index in [-0.39, 0.29) is 24.4 Å². The van der Waals surface area contributed by atoms with E-state index in [9.17, 15) is 9.59 Å². The minimum Gasteiger partial charge on any atom is -0.345 e.